The highest BCUT2D eigenvalue weighted by Gasteiger charge is 2.33. The van der Waals surface area contributed by atoms with Gasteiger partial charge in [0.25, 0.3) is 5.91 Å². The third-order valence-corrected chi connectivity index (χ3v) is 4.29. The molecule has 0 aliphatic carbocycles. The van der Waals surface area contributed by atoms with Crippen LogP contribution < -0.4 is 10.1 Å². The Hall–Kier alpha value is -3.25. The monoisotopic (exact) mass is 439 g/mol. The Morgan fingerprint density at radius 3 is 2.43 bits per heavy atom. The second-order valence-corrected chi connectivity index (χ2v) is 6.74. The van der Waals surface area contributed by atoms with Crippen LogP contribution in [0.5, 0.6) is 5.75 Å². The van der Waals surface area contributed by atoms with Crippen molar-refractivity contribution in [3.63, 3.8) is 0 Å². The molecule has 10 heteroatoms. The third-order valence-electron chi connectivity index (χ3n) is 3.96. The highest BCUT2D eigenvalue weighted by Crippen LogP contribution is 2.36. The molecule has 0 aromatic heterocycles. The van der Waals surface area contributed by atoms with Crippen molar-refractivity contribution in [3.05, 3.63) is 58.6 Å². The molecule has 0 fully saturated rings. The van der Waals surface area contributed by atoms with Crippen LogP contribution in [-0.2, 0) is 15.8 Å². The van der Waals surface area contributed by atoms with Crippen molar-refractivity contribution in [2.45, 2.75) is 19.2 Å². The van der Waals surface area contributed by atoms with Crippen LogP contribution >= 0.6 is 11.6 Å². The second kappa shape index (κ2) is 9.50. The zero-order valence-electron chi connectivity index (χ0n) is 16.0. The van der Waals surface area contributed by atoms with Gasteiger partial charge in [-0.2, -0.15) is 18.4 Å². The van der Waals surface area contributed by atoms with Gasteiger partial charge in [-0.15, -0.1) is 0 Å². The van der Waals surface area contributed by atoms with E-state index in [0.29, 0.717) is 11.3 Å². The first-order valence-electron chi connectivity index (χ1n) is 8.59. The van der Waals surface area contributed by atoms with E-state index in [1.807, 2.05) is 6.07 Å². The molecule has 6 nitrogen and oxygen atoms in total. The van der Waals surface area contributed by atoms with Gasteiger partial charge in [0.1, 0.15) is 5.75 Å². The Morgan fingerprint density at radius 2 is 1.87 bits per heavy atom. The minimum Gasteiger partial charge on any atom is -0.481 e. The number of halogens is 4. The lowest BCUT2D eigenvalue weighted by Crippen LogP contribution is -2.42. The summed E-state index contributed by atoms with van der Waals surface area (Å²) in [6.07, 6.45) is -5.59. The maximum Gasteiger partial charge on any atom is 0.417 e. The molecule has 0 saturated carbocycles. The standard InChI is InChI=1S/C20H17ClF3N3O3/c1-12(30-15-6-3-13(10-25)4-7-15)19(29)27(2)11-18(28)26-14-5-8-17(21)16(9-14)20(22,23)24/h3-9,12H,11H2,1-2H3,(H,26,28). The maximum atomic E-state index is 12.9. The fourth-order valence-corrected chi connectivity index (χ4v) is 2.71. The third kappa shape index (κ3) is 6.12. The predicted molar refractivity (Wildman–Crippen MR) is 104 cm³/mol. The van der Waals surface area contributed by atoms with Gasteiger partial charge in [-0.05, 0) is 49.4 Å². The number of nitriles is 1. The number of carbonyl (C=O) groups is 2. The molecule has 0 heterocycles. The second-order valence-electron chi connectivity index (χ2n) is 6.33. The molecular formula is C20H17ClF3N3O3. The van der Waals surface area contributed by atoms with E-state index >= 15 is 0 Å². The molecule has 0 bridgehead atoms. The topological polar surface area (TPSA) is 82.4 Å². The number of nitrogens with zero attached hydrogens (tertiary/aromatic N) is 2. The molecule has 0 aliphatic heterocycles. The first-order valence-corrected chi connectivity index (χ1v) is 8.97. The first kappa shape index (κ1) is 23.0. The largest absolute Gasteiger partial charge is 0.481 e. The Kier molecular flexibility index (Phi) is 7.29. The van der Waals surface area contributed by atoms with E-state index in [0.717, 1.165) is 17.0 Å². The van der Waals surface area contributed by atoms with E-state index in [1.165, 1.54) is 44.3 Å². The first-order chi connectivity index (χ1) is 14.0. The Balaban J connectivity index is 1.96. The summed E-state index contributed by atoms with van der Waals surface area (Å²) in [5.41, 5.74) is -0.735. The van der Waals surface area contributed by atoms with Crippen molar-refractivity contribution in [3.8, 4) is 11.8 Å². The quantitative estimate of drug-likeness (QED) is 0.734. The summed E-state index contributed by atoms with van der Waals surface area (Å²) in [5.74, 6) is -0.831. The van der Waals surface area contributed by atoms with Crippen molar-refractivity contribution in [2.75, 3.05) is 18.9 Å². The summed E-state index contributed by atoms with van der Waals surface area (Å²) < 4.78 is 44.2. The van der Waals surface area contributed by atoms with Gasteiger partial charge in [0.2, 0.25) is 5.91 Å². The van der Waals surface area contributed by atoms with Gasteiger partial charge in [0.05, 0.1) is 28.8 Å². The summed E-state index contributed by atoms with van der Waals surface area (Å²) in [6.45, 7) is 1.09. The number of alkyl halides is 3. The van der Waals surface area contributed by atoms with E-state index in [-0.39, 0.29) is 5.69 Å². The molecule has 1 atom stereocenters. The fourth-order valence-electron chi connectivity index (χ4n) is 2.49. The van der Waals surface area contributed by atoms with Crippen molar-refractivity contribution in [1.29, 1.82) is 5.26 Å². The normalized spacial score (nSPS) is 11.9. The van der Waals surface area contributed by atoms with Gasteiger partial charge in [-0.25, -0.2) is 0 Å². The van der Waals surface area contributed by atoms with E-state index in [9.17, 15) is 22.8 Å². The van der Waals surface area contributed by atoms with Gasteiger partial charge < -0.3 is 15.0 Å². The molecule has 2 amide bonds. The minimum absolute atomic E-state index is 0.0977. The number of hydrogen-bond donors (Lipinski definition) is 1. The lowest BCUT2D eigenvalue weighted by molar-refractivity contribution is -0.139. The molecule has 1 N–H and O–H groups in total. The van der Waals surface area contributed by atoms with E-state index in [1.54, 1.807) is 0 Å². The van der Waals surface area contributed by atoms with E-state index in [4.69, 9.17) is 21.6 Å². The molecule has 2 aromatic carbocycles. The molecule has 30 heavy (non-hydrogen) atoms. The zero-order chi connectivity index (χ0) is 22.5. The highest BCUT2D eigenvalue weighted by atomic mass is 35.5. The zero-order valence-corrected chi connectivity index (χ0v) is 16.7. The van der Waals surface area contributed by atoms with Crippen molar-refractivity contribution in [1.82, 2.24) is 4.90 Å². The van der Waals surface area contributed by atoms with Crippen LogP contribution in [0.25, 0.3) is 0 Å². The number of rotatable bonds is 6. The molecule has 0 saturated heterocycles. The lowest BCUT2D eigenvalue weighted by Gasteiger charge is -2.22. The number of nitrogens with one attached hydrogen (secondary N) is 1. The smallest absolute Gasteiger partial charge is 0.417 e. The van der Waals surface area contributed by atoms with Crippen LogP contribution in [-0.4, -0.2) is 36.4 Å². The van der Waals surface area contributed by atoms with Gasteiger partial charge in [-0.3, -0.25) is 9.59 Å². The molecule has 0 aliphatic rings. The van der Waals surface area contributed by atoms with Crippen LogP contribution in [0.1, 0.15) is 18.1 Å². The Bertz CT molecular complexity index is 972. The summed E-state index contributed by atoms with van der Waals surface area (Å²) >= 11 is 5.55. The summed E-state index contributed by atoms with van der Waals surface area (Å²) in [4.78, 5) is 25.6. The van der Waals surface area contributed by atoms with Crippen LogP contribution in [0.2, 0.25) is 5.02 Å². The fraction of sp³-hybridized carbons (Fsp3) is 0.250. The van der Waals surface area contributed by atoms with E-state index in [2.05, 4.69) is 5.32 Å². The van der Waals surface area contributed by atoms with E-state index < -0.39 is 41.2 Å². The average Bonchev–Trinajstić information content (AvgIpc) is 2.68. The molecule has 0 radical (unpaired) electrons. The number of amides is 2. The van der Waals surface area contributed by atoms with Crippen LogP contribution in [0.15, 0.2) is 42.5 Å². The van der Waals surface area contributed by atoms with Crippen LogP contribution in [0, 0.1) is 11.3 Å². The lowest BCUT2D eigenvalue weighted by atomic mass is 10.2. The van der Waals surface area contributed by atoms with Crippen molar-refractivity contribution in [2.24, 2.45) is 0 Å². The number of likely N-dealkylation sites (N-methyl/N-ethyl adjacent to an activating group) is 1. The average molecular weight is 440 g/mol. The van der Waals surface area contributed by atoms with Gasteiger partial charge >= 0.3 is 6.18 Å². The molecular weight excluding hydrogens is 423 g/mol. The number of ether oxygens (including phenoxy) is 1. The predicted octanol–water partition coefficient (Wildman–Crippen LogP) is 4.09. The Labute approximate surface area is 175 Å². The molecule has 158 valence electrons. The van der Waals surface area contributed by atoms with Crippen LogP contribution in [0.4, 0.5) is 18.9 Å². The minimum atomic E-state index is -4.66. The van der Waals surface area contributed by atoms with Crippen molar-refractivity contribution >= 4 is 29.1 Å². The number of benzene rings is 2. The number of hydrogen-bond acceptors (Lipinski definition) is 4. The van der Waals surface area contributed by atoms with Gasteiger partial charge in [0, 0.05) is 12.7 Å². The van der Waals surface area contributed by atoms with Gasteiger partial charge in [0.15, 0.2) is 6.10 Å². The Morgan fingerprint density at radius 1 is 1.23 bits per heavy atom. The van der Waals surface area contributed by atoms with Crippen LogP contribution in [0.3, 0.4) is 0 Å². The molecule has 2 rings (SSSR count). The number of anilines is 1. The summed E-state index contributed by atoms with van der Waals surface area (Å²) in [7, 11) is 1.36. The molecule has 2 aromatic rings. The van der Waals surface area contributed by atoms with Crippen molar-refractivity contribution < 1.29 is 27.5 Å². The molecule has 0 spiro atoms. The summed E-state index contributed by atoms with van der Waals surface area (Å²) in [5, 5.41) is 10.6. The summed E-state index contributed by atoms with van der Waals surface area (Å²) in [6, 6.07) is 11.1. The maximum absolute atomic E-state index is 12.9. The van der Waals surface area contributed by atoms with Gasteiger partial charge in [-0.1, -0.05) is 11.6 Å². The number of carbonyl (C=O) groups excluding carboxylic acids is 2. The highest BCUT2D eigenvalue weighted by molar-refractivity contribution is 6.31. The molecule has 1 unspecified atom stereocenters. The SMILES string of the molecule is CC(Oc1ccc(C#N)cc1)C(=O)N(C)CC(=O)Nc1ccc(Cl)c(C(F)(F)F)c1.